The van der Waals surface area contributed by atoms with E-state index in [-0.39, 0.29) is 64.4 Å². The summed E-state index contributed by atoms with van der Waals surface area (Å²) in [6, 6.07) is 15.2. The van der Waals surface area contributed by atoms with Crippen molar-refractivity contribution < 1.29 is 73.5 Å². The van der Waals surface area contributed by atoms with Crippen molar-refractivity contribution in [1.29, 1.82) is 0 Å². The summed E-state index contributed by atoms with van der Waals surface area (Å²) in [5.74, 6) is 0. The molecule has 0 unspecified atom stereocenters. The second-order valence-electron chi connectivity index (χ2n) is 3.38. The second-order valence-corrected chi connectivity index (χ2v) is 4.86. The molecule has 0 atom stereocenters. The molecule has 0 aliphatic carbocycles. The monoisotopic (exact) mass is 278 g/mol. The molecule has 0 spiro atoms. The van der Waals surface area contributed by atoms with Gasteiger partial charge in [0.25, 0.3) is 0 Å². The van der Waals surface area contributed by atoms with Gasteiger partial charge in [-0.1, -0.05) is 54.6 Å². The molecule has 0 aliphatic heterocycles. The summed E-state index contributed by atoms with van der Waals surface area (Å²) in [6.45, 7) is 0. The Morgan fingerprint density at radius 1 is 0.778 bits per heavy atom. The van der Waals surface area contributed by atoms with Gasteiger partial charge < -0.3 is 14.4 Å². The Kier molecular flexibility index (Phi) is 8.27. The molecule has 0 saturated heterocycles. The van der Waals surface area contributed by atoms with Crippen LogP contribution in [0.1, 0.15) is 0 Å². The van der Waals surface area contributed by atoms with E-state index in [1.807, 2.05) is 6.07 Å². The third-order valence-electron chi connectivity index (χ3n) is 2.28. The Morgan fingerprint density at radius 3 is 1.83 bits per heavy atom. The van der Waals surface area contributed by atoms with E-state index in [0.29, 0.717) is 5.56 Å². The Bertz CT molecular complexity index is 540. The average molecular weight is 278 g/mol. The zero-order chi connectivity index (χ0) is 11.6. The maximum Gasteiger partial charge on any atom is 1.00 e. The van der Waals surface area contributed by atoms with Crippen molar-refractivity contribution in [3.8, 4) is 11.1 Å². The zero-order valence-corrected chi connectivity index (χ0v) is 15.3. The molecule has 0 amide bonds. The smallest absolute Gasteiger partial charge is 0.807 e. The van der Waals surface area contributed by atoms with Crippen LogP contribution < -0.4 is 74.2 Å². The molecule has 0 heterocycles. The molecule has 0 radical (unpaired) electrons. The van der Waals surface area contributed by atoms with Gasteiger partial charge >= 0.3 is 59.1 Å². The van der Waals surface area contributed by atoms with Crippen LogP contribution in [-0.2, 0) is 4.57 Å². The fourth-order valence-electron chi connectivity index (χ4n) is 1.57. The van der Waals surface area contributed by atoms with Gasteiger partial charge in [0.2, 0.25) is 0 Å². The molecule has 6 heteroatoms. The molecule has 0 N–H and O–H groups in total. The van der Waals surface area contributed by atoms with E-state index in [0.717, 1.165) is 5.56 Å². The number of benzene rings is 2. The van der Waals surface area contributed by atoms with Crippen molar-refractivity contribution in [2.24, 2.45) is 0 Å². The number of hydrogen-bond acceptors (Lipinski definition) is 3. The molecule has 0 aliphatic rings. The Hall–Kier alpha value is 0.590. The van der Waals surface area contributed by atoms with E-state index in [2.05, 4.69) is 0 Å². The fourth-order valence-corrected chi connectivity index (χ4v) is 2.34. The Balaban J connectivity index is 0.00000144. The molecule has 0 aromatic heterocycles. The SMILES string of the molecule is O=P([O-])([O-])c1ccccc1-c1ccccc1.[Na+].[Na+]. The maximum atomic E-state index is 11.1. The minimum Gasteiger partial charge on any atom is -0.807 e. The molecule has 3 nitrogen and oxygen atoms in total. The standard InChI is InChI=1S/C12H11O3P.2Na/c13-16(14,15)12-9-5-4-8-11(12)10-6-2-1-3-7-10;;/h1-9H,(H2,13,14,15);;/q;2*+1/p-2. The topological polar surface area (TPSA) is 63.2 Å². The fraction of sp³-hybridized carbons (Fsp3) is 0. The predicted octanol–water partition coefficient (Wildman–Crippen LogP) is -5.10. The van der Waals surface area contributed by atoms with E-state index in [1.165, 1.54) is 6.07 Å². The molecule has 82 valence electrons. The van der Waals surface area contributed by atoms with Gasteiger partial charge in [-0.3, -0.25) is 0 Å². The Labute approximate surface area is 150 Å². The van der Waals surface area contributed by atoms with Crippen LogP contribution in [0.3, 0.4) is 0 Å². The first-order valence-electron chi connectivity index (χ1n) is 4.76. The van der Waals surface area contributed by atoms with Gasteiger partial charge in [-0.2, -0.15) is 0 Å². The van der Waals surface area contributed by atoms with E-state index in [1.54, 1.807) is 42.5 Å². The zero-order valence-electron chi connectivity index (χ0n) is 10.4. The third-order valence-corrected chi connectivity index (χ3v) is 3.26. The quantitative estimate of drug-likeness (QED) is 0.408. The molecule has 0 fully saturated rings. The van der Waals surface area contributed by atoms with Crippen LogP contribution in [-0.4, -0.2) is 0 Å². The van der Waals surface area contributed by atoms with Gasteiger partial charge in [0.1, 0.15) is 0 Å². The molecule has 2 aromatic carbocycles. The first kappa shape index (κ1) is 18.6. The van der Waals surface area contributed by atoms with Crippen molar-refractivity contribution in [2.75, 3.05) is 0 Å². The largest absolute Gasteiger partial charge is 1.00 e. The predicted molar refractivity (Wildman–Crippen MR) is 59.1 cm³/mol. The van der Waals surface area contributed by atoms with Crippen LogP contribution in [0.15, 0.2) is 54.6 Å². The molecule has 0 bridgehead atoms. The van der Waals surface area contributed by atoms with Gasteiger partial charge in [-0.15, -0.1) is 0 Å². The first-order chi connectivity index (χ1) is 7.59. The normalized spacial score (nSPS) is 10.1. The van der Waals surface area contributed by atoms with E-state index < -0.39 is 7.60 Å². The minimum absolute atomic E-state index is 0. The van der Waals surface area contributed by atoms with Crippen LogP contribution in [0.4, 0.5) is 0 Å². The maximum absolute atomic E-state index is 11.1. The van der Waals surface area contributed by atoms with E-state index in [9.17, 15) is 14.4 Å². The molecule has 18 heavy (non-hydrogen) atoms. The summed E-state index contributed by atoms with van der Waals surface area (Å²) >= 11 is 0. The van der Waals surface area contributed by atoms with Crippen molar-refractivity contribution >= 4 is 12.9 Å². The Morgan fingerprint density at radius 2 is 1.28 bits per heavy atom. The van der Waals surface area contributed by atoms with Crippen molar-refractivity contribution in [3.63, 3.8) is 0 Å². The summed E-state index contributed by atoms with van der Waals surface area (Å²) in [6.07, 6.45) is 0. The molecular formula is C12H9Na2O3P. The van der Waals surface area contributed by atoms with Crippen molar-refractivity contribution in [1.82, 2.24) is 0 Å². The summed E-state index contributed by atoms with van der Waals surface area (Å²) in [7, 11) is -4.72. The molecule has 2 aromatic rings. The molecule has 0 saturated carbocycles. The summed E-state index contributed by atoms with van der Waals surface area (Å²) in [4.78, 5) is 22.2. The van der Waals surface area contributed by atoms with Crippen LogP contribution >= 0.6 is 7.60 Å². The summed E-state index contributed by atoms with van der Waals surface area (Å²) in [5, 5.41) is -0.152. The van der Waals surface area contributed by atoms with E-state index in [4.69, 9.17) is 0 Å². The molecular weight excluding hydrogens is 269 g/mol. The van der Waals surface area contributed by atoms with Crippen molar-refractivity contribution in [3.05, 3.63) is 54.6 Å². The first-order valence-corrected chi connectivity index (χ1v) is 6.30. The minimum atomic E-state index is -4.72. The van der Waals surface area contributed by atoms with Crippen LogP contribution in [0, 0.1) is 0 Å². The number of rotatable bonds is 2. The second kappa shape index (κ2) is 8.01. The van der Waals surface area contributed by atoms with Gasteiger partial charge in [0, 0.05) is 0 Å². The third kappa shape index (κ3) is 4.61. The van der Waals surface area contributed by atoms with Gasteiger partial charge in [-0.25, -0.2) is 0 Å². The summed E-state index contributed by atoms with van der Waals surface area (Å²) in [5.41, 5.74) is 1.18. The van der Waals surface area contributed by atoms with Gasteiger partial charge in [0.05, 0.1) is 0 Å². The number of hydrogen-bond donors (Lipinski definition) is 0. The average Bonchev–Trinajstić information content (AvgIpc) is 2.29. The van der Waals surface area contributed by atoms with Crippen LogP contribution in [0.25, 0.3) is 11.1 Å². The van der Waals surface area contributed by atoms with E-state index >= 15 is 0 Å². The van der Waals surface area contributed by atoms with Crippen molar-refractivity contribution in [2.45, 2.75) is 0 Å². The summed E-state index contributed by atoms with van der Waals surface area (Å²) < 4.78 is 11.1. The van der Waals surface area contributed by atoms with Crippen LogP contribution in [0.2, 0.25) is 0 Å². The molecule has 2 rings (SSSR count). The van der Waals surface area contributed by atoms with Gasteiger partial charge in [0.15, 0.2) is 0 Å². The van der Waals surface area contributed by atoms with Crippen LogP contribution in [0.5, 0.6) is 0 Å². The van der Waals surface area contributed by atoms with Gasteiger partial charge in [-0.05, 0) is 24.0 Å².